The van der Waals surface area contributed by atoms with Crippen molar-refractivity contribution < 1.29 is 18.0 Å². The van der Waals surface area contributed by atoms with Crippen molar-refractivity contribution in [3.05, 3.63) is 10.6 Å². The zero-order valence-corrected chi connectivity index (χ0v) is 16.3. The van der Waals surface area contributed by atoms with Gasteiger partial charge in [0.2, 0.25) is 15.9 Å². The minimum atomic E-state index is -3.44. The highest BCUT2D eigenvalue weighted by Crippen LogP contribution is 2.38. The van der Waals surface area contributed by atoms with E-state index in [4.69, 9.17) is 0 Å². The van der Waals surface area contributed by atoms with E-state index in [1.165, 1.54) is 15.6 Å². The number of Topliss-reactive ketones (excluding diaryl/α,β-unsaturated/α-hetero) is 1. The lowest BCUT2D eigenvalue weighted by molar-refractivity contribution is -0.120. The van der Waals surface area contributed by atoms with E-state index in [2.05, 4.69) is 10.3 Å². The number of fused-ring (bicyclic) bond motifs is 1. The maximum Gasteiger partial charge on any atom is 0.244 e. The average molecular weight is 386 g/mol. The van der Waals surface area contributed by atoms with Crippen LogP contribution in [0.5, 0.6) is 0 Å². The summed E-state index contributed by atoms with van der Waals surface area (Å²) in [4.78, 5) is 29.9. The molecule has 7 nitrogen and oxygen atoms in total. The molecule has 1 atom stereocenters. The van der Waals surface area contributed by atoms with Gasteiger partial charge in [-0.2, -0.15) is 4.31 Å². The number of ketones is 1. The van der Waals surface area contributed by atoms with Crippen LogP contribution in [0, 0.1) is 5.41 Å². The number of aromatic nitrogens is 1. The first kappa shape index (κ1) is 18.5. The van der Waals surface area contributed by atoms with E-state index in [1.54, 1.807) is 0 Å². The molecule has 0 aromatic carbocycles. The topological polar surface area (TPSA) is 96.4 Å². The van der Waals surface area contributed by atoms with Crippen LogP contribution in [0.3, 0.4) is 0 Å². The molecule has 1 aromatic rings. The number of nitrogens with one attached hydrogen (secondary N) is 1. The highest BCUT2D eigenvalue weighted by atomic mass is 32.2. The number of anilines is 1. The lowest BCUT2D eigenvalue weighted by atomic mass is 9.78. The number of sulfonamides is 1. The third-order valence-corrected chi connectivity index (χ3v) is 6.99. The Bertz CT molecular complexity index is 813. The molecule has 1 aromatic heterocycles. The first-order valence-corrected chi connectivity index (χ1v) is 11.0. The number of rotatable bonds is 3. The van der Waals surface area contributed by atoms with E-state index < -0.39 is 16.1 Å². The van der Waals surface area contributed by atoms with Gasteiger partial charge in [0.05, 0.1) is 16.8 Å². The first-order chi connectivity index (χ1) is 11.6. The molecule has 0 radical (unpaired) electrons. The minimum Gasteiger partial charge on any atom is -0.301 e. The summed E-state index contributed by atoms with van der Waals surface area (Å²) in [7, 11) is -3.44. The van der Waals surface area contributed by atoms with Crippen molar-refractivity contribution in [2.75, 3.05) is 18.1 Å². The van der Waals surface area contributed by atoms with Gasteiger partial charge in [0.1, 0.15) is 6.04 Å². The second-order valence-corrected chi connectivity index (χ2v) is 10.5. The largest absolute Gasteiger partial charge is 0.301 e. The van der Waals surface area contributed by atoms with Gasteiger partial charge in [0.25, 0.3) is 0 Å². The maximum absolute atomic E-state index is 12.6. The molecule has 2 aliphatic rings. The minimum absolute atomic E-state index is 0.0553. The molecule has 0 unspecified atom stereocenters. The summed E-state index contributed by atoms with van der Waals surface area (Å²) < 4.78 is 25.1. The van der Waals surface area contributed by atoms with Crippen molar-refractivity contribution in [3.63, 3.8) is 0 Å². The number of carbonyl (C=O) groups is 2. The summed E-state index contributed by atoms with van der Waals surface area (Å²) >= 11 is 1.18. The number of hydrogen-bond donors (Lipinski definition) is 1. The summed E-state index contributed by atoms with van der Waals surface area (Å²) in [6.07, 6.45) is 4.36. The summed E-state index contributed by atoms with van der Waals surface area (Å²) in [6.45, 7) is 4.41. The quantitative estimate of drug-likeness (QED) is 0.859. The maximum atomic E-state index is 12.6. The molecule has 0 spiro atoms. The van der Waals surface area contributed by atoms with Gasteiger partial charge < -0.3 is 5.32 Å². The number of thiazole rings is 1. The van der Waals surface area contributed by atoms with Crippen molar-refractivity contribution in [3.8, 4) is 0 Å². The number of piperidine rings is 1. The molecule has 1 aliphatic carbocycles. The fraction of sp³-hybridized carbons (Fsp3) is 0.688. The Hall–Kier alpha value is -1.32. The zero-order chi connectivity index (χ0) is 18.4. The smallest absolute Gasteiger partial charge is 0.244 e. The second-order valence-electron chi connectivity index (χ2n) is 7.61. The molecule has 9 heteroatoms. The normalized spacial score (nSPS) is 24.0. The standard InChI is InChI=1S/C16H23N3O4S2/c1-16(2)8-10-13(12(20)9-16)24-15(17-10)18-14(21)11-6-4-5-7-19(11)25(3,22)23/h11H,4-9H2,1-3H3,(H,17,18,21)/t11-/m1/s1. The van der Waals surface area contributed by atoms with Crippen LogP contribution >= 0.6 is 11.3 Å². The molecule has 1 N–H and O–H groups in total. The van der Waals surface area contributed by atoms with Crippen LogP contribution in [0.15, 0.2) is 0 Å². The third kappa shape index (κ3) is 3.93. The molecule has 138 valence electrons. The van der Waals surface area contributed by atoms with Crippen LogP contribution in [0.1, 0.15) is 54.9 Å². The van der Waals surface area contributed by atoms with Crippen molar-refractivity contribution in [2.45, 2.75) is 52.0 Å². The van der Waals surface area contributed by atoms with E-state index in [0.29, 0.717) is 35.8 Å². The predicted molar refractivity (Wildman–Crippen MR) is 96.4 cm³/mol. The molecule has 0 bridgehead atoms. The summed E-state index contributed by atoms with van der Waals surface area (Å²) in [5.41, 5.74) is 0.598. The number of amides is 1. The Balaban J connectivity index is 1.79. The Kier molecular flexibility index (Phi) is 4.76. The highest BCUT2D eigenvalue weighted by Gasteiger charge is 2.37. The van der Waals surface area contributed by atoms with E-state index in [1.807, 2.05) is 13.8 Å². The lowest BCUT2D eigenvalue weighted by Crippen LogP contribution is -2.49. The predicted octanol–water partition coefficient (Wildman–Crippen LogP) is 2.05. The van der Waals surface area contributed by atoms with Crippen molar-refractivity contribution in [1.29, 1.82) is 0 Å². The van der Waals surface area contributed by atoms with Crippen LogP contribution in [0.2, 0.25) is 0 Å². The second kappa shape index (κ2) is 6.44. The van der Waals surface area contributed by atoms with Gasteiger partial charge in [-0.15, -0.1) is 0 Å². The monoisotopic (exact) mass is 385 g/mol. The molecule has 1 amide bonds. The third-order valence-electron chi connectivity index (χ3n) is 4.65. The fourth-order valence-electron chi connectivity index (χ4n) is 3.53. The van der Waals surface area contributed by atoms with E-state index in [9.17, 15) is 18.0 Å². The Labute approximate surface area is 151 Å². The van der Waals surface area contributed by atoms with Gasteiger partial charge in [-0.05, 0) is 24.7 Å². The Morgan fingerprint density at radius 2 is 2.04 bits per heavy atom. The van der Waals surface area contributed by atoms with Gasteiger partial charge in [-0.3, -0.25) is 9.59 Å². The van der Waals surface area contributed by atoms with Gasteiger partial charge in [-0.25, -0.2) is 13.4 Å². The molecule has 1 aliphatic heterocycles. The lowest BCUT2D eigenvalue weighted by Gasteiger charge is -2.32. The number of nitrogens with zero attached hydrogens (tertiary/aromatic N) is 2. The van der Waals surface area contributed by atoms with E-state index in [0.717, 1.165) is 24.8 Å². The molecule has 0 saturated carbocycles. The SMILES string of the molecule is CC1(C)CC(=O)c2sc(NC(=O)[C@H]3CCCCN3S(C)(=O)=O)nc2C1. The van der Waals surface area contributed by atoms with Gasteiger partial charge in [-0.1, -0.05) is 31.6 Å². The van der Waals surface area contributed by atoms with Crippen LogP contribution in [-0.2, 0) is 21.2 Å². The molecule has 1 fully saturated rings. The van der Waals surface area contributed by atoms with Gasteiger partial charge >= 0.3 is 0 Å². The van der Waals surface area contributed by atoms with Gasteiger partial charge in [0.15, 0.2) is 10.9 Å². The average Bonchev–Trinajstić information content (AvgIpc) is 2.87. The van der Waals surface area contributed by atoms with Crippen LogP contribution < -0.4 is 5.32 Å². The molecular weight excluding hydrogens is 362 g/mol. The summed E-state index contributed by atoms with van der Waals surface area (Å²) in [6, 6.07) is -0.711. The summed E-state index contributed by atoms with van der Waals surface area (Å²) in [5, 5.41) is 3.10. The molecular formula is C16H23N3O4S2. The molecule has 1 saturated heterocycles. The van der Waals surface area contributed by atoms with Crippen LogP contribution in [0.4, 0.5) is 5.13 Å². The first-order valence-electron chi connectivity index (χ1n) is 8.37. The van der Waals surface area contributed by atoms with Crippen molar-refractivity contribution in [1.82, 2.24) is 9.29 Å². The van der Waals surface area contributed by atoms with Gasteiger partial charge in [0, 0.05) is 13.0 Å². The van der Waals surface area contributed by atoms with Crippen molar-refractivity contribution >= 4 is 38.2 Å². The molecule has 2 heterocycles. The van der Waals surface area contributed by atoms with E-state index in [-0.39, 0.29) is 17.1 Å². The highest BCUT2D eigenvalue weighted by molar-refractivity contribution is 7.88. The number of hydrogen-bond acceptors (Lipinski definition) is 6. The molecule has 25 heavy (non-hydrogen) atoms. The van der Waals surface area contributed by atoms with E-state index >= 15 is 0 Å². The number of carbonyl (C=O) groups excluding carboxylic acids is 2. The fourth-order valence-corrected chi connectivity index (χ4v) is 5.57. The Morgan fingerprint density at radius 3 is 2.72 bits per heavy atom. The van der Waals surface area contributed by atoms with Crippen LogP contribution in [-0.4, -0.2) is 48.2 Å². The Morgan fingerprint density at radius 1 is 1.32 bits per heavy atom. The summed E-state index contributed by atoms with van der Waals surface area (Å²) in [5.74, 6) is -0.317. The zero-order valence-electron chi connectivity index (χ0n) is 14.7. The van der Waals surface area contributed by atoms with Crippen LogP contribution in [0.25, 0.3) is 0 Å². The molecule has 3 rings (SSSR count). The van der Waals surface area contributed by atoms with Crippen molar-refractivity contribution in [2.24, 2.45) is 5.41 Å².